The quantitative estimate of drug-likeness (QED) is 0.182. The van der Waals surface area contributed by atoms with Crippen molar-refractivity contribution in [2.45, 2.75) is 56.4 Å². The number of carboxylic acid groups (broad SMARTS) is 1. The Morgan fingerprint density at radius 3 is 2.56 bits per heavy atom. The zero-order valence-electron chi connectivity index (χ0n) is 21.2. The molecule has 3 aliphatic rings. The van der Waals surface area contributed by atoms with Gasteiger partial charge in [-0.25, -0.2) is 9.59 Å². The molecule has 0 bridgehead atoms. The number of methoxy groups -OCH3 is 1. The Labute approximate surface area is 223 Å². The molecule has 1 saturated carbocycles. The van der Waals surface area contributed by atoms with E-state index in [0.717, 1.165) is 12.3 Å². The molecule has 2 aliphatic heterocycles. The topological polar surface area (TPSA) is 202 Å². The molecule has 13 nitrogen and oxygen atoms in total. The van der Waals surface area contributed by atoms with Crippen molar-refractivity contribution in [2.75, 3.05) is 13.7 Å². The van der Waals surface area contributed by atoms with Gasteiger partial charge in [0.1, 0.15) is 18.3 Å². The lowest BCUT2D eigenvalue weighted by Crippen LogP contribution is -2.61. The third-order valence-electron chi connectivity index (χ3n) is 7.42. The standard InChI is InChI=1S/C26H32O13/c1-11-16(29)8-13-14(24(33)34)10-36-25(20(11)13)39-26-23(22(32)21(31)18(9-27)37-26)38-19(30)6-4-12-3-5-15(28)17(7-12)35-2/h3-7,10-11,13,16,18,20-23,25-29,31-32H,8-9H2,1-2H3,(H,33,34)/b6-4+/t11-,13+,16-,18+,20-,21+,22-,23+,25-,26-/m0/s1. The minimum Gasteiger partial charge on any atom is -0.504 e. The molecule has 1 aromatic carbocycles. The Morgan fingerprint density at radius 1 is 1.15 bits per heavy atom. The highest BCUT2D eigenvalue weighted by molar-refractivity contribution is 5.87. The van der Waals surface area contributed by atoms with Gasteiger partial charge in [-0.05, 0) is 36.1 Å². The number of carboxylic acids is 1. The molecule has 2 heterocycles. The molecule has 0 amide bonds. The molecular formula is C26H32O13. The first-order valence-electron chi connectivity index (χ1n) is 12.4. The Morgan fingerprint density at radius 2 is 1.90 bits per heavy atom. The minimum absolute atomic E-state index is 0.0181. The molecule has 39 heavy (non-hydrogen) atoms. The summed E-state index contributed by atoms with van der Waals surface area (Å²) in [6.07, 6.45) is -6.07. The van der Waals surface area contributed by atoms with Gasteiger partial charge >= 0.3 is 11.9 Å². The fourth-order valence-electron chi connectivity index (χ4n) is 5.24. The molecule has 1 aromatic rings. The largest absolute Gasteiger partial charge is 0.504 e. The summed E-state index contributed by atoms with van der Waals surface area (Å²) >= 11 is 0. The number of benzene rings is 1. The van der Waals surface area contributed by atoms with Crippen molar-refractivity contribution in [1.29, 1.82) is 0 Å². The Hall–Kier alpha value is -3.20. The van der Waals surface area contributed by atoms with Crippen LogP contribution in [-0.4, -0.2) is 99.4 Å². The van der Waals surface area contributed by atoms with Gasteiger partial charge in [0.2, 0.25) is 12.6 Å². The third-order valence-corrected chi connectivity index (χ3v) is 7.42. The fraction of sp³-hybridized carbons (Fsp3) is 0.538. The number of carbonyl (C=O) groups is 2. The molecule has 6 N–H and O–H groups in total. The Balaban J connectivity index is 1.54. The summed E-state index contributed by atoms with van der Waals surface area (Å²) in [5.74, 6) is -3.66. The van der Waals surface area contributed by atoms with Crippen LogP contribution in [0.4, 0.5) is 0 Å². The highest BCUT2D eigenvalue weighted by Crippen LogP contribution is 2.47. The second kappa shape index (κ2) is 11.9. The number of phenols is 1. The average Bonchev–Trinajstić information content (AvgIpc) is 3.21. The highest BCUT2D eigenvalue weighted by Gasteiger charge is 2.54. The van der Waals surface area contributed by atoms with E-state index in [-0.39, 0.29) is 23.5 Å². The summed E-state index contributed by atoms with van der Waals surface area (Å²) in [4.78, 5) is 24.4. The molecule has 214 valence electrons. The molecule has 10 atom stereocenters. The number of aliphatic hydroxyl groups excluding tert-OH is 4. The number of carbonyl (C=O) groups excluding carboxylic acids is 1. The number of phenolic OH excluding ortho intramolecular Hbond substituents is 1. The van der Waals surface area contributed by atoms with Crippen LogP contribution >= 0.6 is 0 Å². The maximum Gasteiger partial charge on any atom is 0.334 e. The number of esters is 1. The molecule has 0 spiro atoms. The minimum atomic E-state index is -1.72. The van der Waals surface area contributed by atoms with Crippen molar-refractivity contribution in [3.05, 3.63) is 41.7 Å². The Kier molecular flexibility index (Phi) is 8.79. The first-order valence-corrected chi connectivity index (χ1v) is 12.4. The number of aliphatic hydroxyl groups is 4. The van der Waals surface area contributed by atoms with Gasteiger partial charge in [0.05, 0.1) is 31.7 Å². The number of hydrogen-bond donors (Lipinski definition) is 6. The molecule has 0 radical (unpaired) electrons. The number of rotatable bonds is 8. The number of fused-ring (bicyclic) bond motifs is 1. The normalized spacial score (nSPS) is 36.1. The highest BCUT2D eigenvalue weighted by atomic mass is 16.8. The van der Waals surface area contributed by atoms with Gasteiger partial charge in [-0.3, -0.25) is 0 Å². The van der Waals surface area contributed by atoms with Crippen molar-refractivity contribution >= 4 is 18.0 Å². The van der Waals surface area contributed by atoms with E-state index in [0.29, 0.717) is 5.56 Å². The van der Waals surface area contributed by atoms with E-state index in [2.05, 4.69) is 0 Å². The second-order valence-corrected chi connectivity index (χ2v) is 9.74. The molecule has 2 fully saturated rings. The second-order valence-electron chi connectivity index (χ2n) is 9.74. The summed E-state index contributed by atoms with van der Waals surface area (Å²) in [7, 11) is 1.37. The number of ether oxygens (including phenoxy) is 5. The van der Waals surface area contributed by atoms with E-state index < -0.39 is 79.4 Å². The molecule has 0 aromatic heterocycles. The van der Waals surface area contributed by atoms with E-state index in [1.54, 1.807) is 6.92 Å². The number of hydrogen-bond acceptors (Lipinski definition) is 12. The van der Waals surface area contributed by atoms with Crippen LogP contribution in [0.3, 0.4) is 0 Å². The summed E-state index contributed by atoms with van der Waals surface area (Å²) in [6.45, 7) is 1.04. The first-order chi connectivity index (χ1) is 18.5. The van der Waals surface area contributed by atoms with Crippen LogP contribution in [-0.2, 0) is 28.5 Å². The van der Waals surface area contributed by atoms with Gasteiger partial charge in [0, 0.05) is 17.9 Å². The summed E-state index contributed by atoms with van der Waals surface area (Å²) in [5.41, 5.74) is 0.474. The van der Waals surface area contributed by atoms with E-state index in [9.17, 15) is 40.2 Å². The summed E-state index contributed by atoms with van der Waals surface area (Å²) < 4.78 is 27.5. The molecule has 1 saturated heterocycles. The fourth-order valence-corrected chi connectivity index (χ4v) is 5.24. The molecule has 4 rings (SSSR count). The lowest BCUT2D eigenvalue weighted by Gasteiger charge is -2.44. The van der Waals surface area contributed by atoms with E-state index in [4.69, 9.17) is 23.7 Å². The maximum atomic E-state index is 12.7. The molecular weight excluding hydrogens is 520 g/mol. The number of aliphatic carboxylic acids is 1. The number of aromatic hydroxyl groups is 1. The van der Waals surface area contributed by atoms with Crippen LogP contribution in [0.2, 0.25) is 0 Å². The first kappa shape index (κ1) is 28.8. The SMILES string of the molecule is COc1cc(/C=C/C(=O)O[C@H]2[C@H](O[C@@H]3OC=C(C(=O)O)[C@H]4C[C@H](O)[C@H](C)[C@H]34)O[C@H](CO)[C@@H](O)[C@@H]2O)ccc1O. The van der Waals surface area contributed by atoms with E-state index >= 15 is 0 Å². The van der Waals surface area contributed by atoms with Crippen LogP contribution in [0, 0.1) is 17.8 Å². The van der Waals surface area contributed by atoms with Crippen LogP contribution in [0.25, 0.3) is 6.08 Å². The van der Waals surface area contributed by atoms with Crippen molar-refractivity contribution < 1.29 is 63.9 Å². The molecule has 0 unspecified atom stereocenters. The van der Waals surface area contributed by atoms with Crippen LogP contribution in [0.5, 0.6) is 11.5 Å². The molecule has 13 heteroatoms. The van der Waals surface area contributed by atoms with Crippen LogP contribution < -0.4 is 4.74 Å². The van der Waals surface area contributed by atoms with Crippen molar-refractivity contribution in [1.82, 2.24) is 0 Å². The summed E-state index contributed by atoms with van der Waals surface area (Å²) in [6, 6.07) is 4.38. The lowest BCUT2D eigenvalue weighted by atomic mass is 9.83. The van der Waals surface area contributed by atoms with Crippen molar-refractivity contribution in [3.8, 4) is 11.5 Å². The van der Waals surface area contributed by atoms with E-state index in [1.807, 2.05) is 0 Å². The van der Waals surface area contributed by atoms with Crippen molar-refractivity contribution in [3.63, 3.8) is 0 Å². The lowest BCUT2D eigenvalue weighted by molar-refractivity contribution is -0.343. The summed E-state index contributed by atoms with van der Waals surface area (Å²) in [5, 5.41) is 60.4. The molecule has 1 aliphatic carbocycles. The van der Waals surface area contributed by atoms with Crippen LogP contribution in [0.1, 0.15) is 18.9 Å². The third kappa shape index (κ3) is 5.88. The van der Waals surface area contributed by atoms with Gasteiger partial charge in [-0.2, -0.15) is 0 Å². The van der Waals surface area contributed by atoms with E-state index in [1.165, 1.54) is 31.4 Å². The average molecular weight is 553 g/mol. The van der Waals surface area contributed by atoms with Gasteiger partial charge in [0.15, 0.2) is 17.6 Å². The van der Waals surface area contributed by atoms with Gasteiger partial charge in [0.25, 0.3) is 0 Å². The zero-order valence-corrected chi connectivity index (χ0v) is 21.2. The Bertz CT molecular complexity index is 1120. The van der Waals surface area contributed by atoms with Gasteiger partial charge in [-0.1, -0.05) is 13.0 Å². The zero-order chi connectivity index (χ0) is 28.4. The predicted octanol–water partition coefficient (Wildman–Crippen LogP) is -0.261. The maximum absolute atomic E-state index is 12.7. The van der Waals surface area contributed by atoms with Gasteiger partial charge in [-0.15, -0.1) is 0 Å². The predicted molar refractivity (Wildman–Crippen MR) is 130 cm³/mol. The van der Waals surface area contributed by atoms with Gasteiger partial charge < -0.3 is 54.3 Å². The van der Waals surface area contributed by atoms with Crippen molar-refractivity contribution in [2.24, 2.45) is 17.8 Å². The smallest absolute Gasteiger partial charge is 0.334 e. The van der Waals surface area contributed by atoms with Crippen LogP contribution in [0.15, 0.2) is 36.1 Å². The monoisotopic (exact) mass is 552 g/mol.